The maximum absolute atomic E-state index is 4.15. The van der Waals surface area contributed by atoms with Crippen LogP contribution in [0, 0.1) is 6.92 Å². The van der Waals surface area contributed by atoms with Crippen LogP contribution in [0.25, 0.3) is 0 Å². The van der Waals surface area contributed by atoms with Crippen molar-refractivity contribution in [3.05, 3.63) is 50.4 Å². The molecule has 1 atom stereocenters. The van der Waals surface area contributed by atoms with E-state index in [-0.39, 0.29) is 0 Å². The summed E-state index contributed by atoms with van der Waals surface area (Å²) in [4.78, 5) is 5.46. The Kier molecular flexibility index (Phi) is 4.92. The third-order valence-electron chi connectivity index (χ3n) is 2.94. The molecule has 1 aromatic heterocycles. The highest BCUT2D eigenvalue weighted by Gasteiger charge is 2.15. The third kappa shape index (κ3) is 3.19. The van der Waals surface area contributed by atoms with Crippen LogP contribution < -0.4 is 5.32 Å². The van der Waals surface area contributed by atoms with Crippen LogP contribution in [0.2, 0.25) is 0 Å². The van der Waals surface area contributed by atoms with Gasteiger partial charge in [-0.25, -0.2) is 0 Å². The summed E-state index contributed by atoms with van der Waals surface area (Å²) in [6, 6.07) is 6.77. The summed E-state index contributed by atoms with van der Waals surface area (Å²) >= 11 is 5.42. The number of hydrogen-bond donors (Lipinski definition) is 1. The van der Waals surface area contributed by atoms with Crippen molar-refractivity contribution in [3.63, 3.8) is 0 Å². The van der Waals surface area contributed by atoms with Gasteiger partial charge in [-0.1, -0.05) is 41.1 Å². The number of aryl methyl sites for hydroxylation is 1. The largest absolute Gasteiger partial charge is 0.310 e. The van der Waals surface area contributed by atoms with E-state index in [1.54, 1.807) is 11.3 Å². The van der Waals surface area contributed by atoms with Gasteiger partial charge in [0.05, 0.1) is 5.51 Å². The molecular weight excluding hydrogens is 308 g/mol. The highest BCUT2D eigenvalue weighted by Crippen LogP contribution is 2.29. The number of aromatic nitrogens is 1. The van der Waals surface area contributed by atoms with Gasteiger partial charge in [0.15, 0.2) is 0 Å². The lowest BCUT2D eigenvalue weighted by molar-refractivity contribution is 0.550. The van der Waals surface area contributed by atoms with Crippen molar-refractivity contribution in [2.75, 3.05) is 6.54 Å². The van der Waals surface area contributed by atoms with Crippen LogP contribution in [-0.4, -0.2) is 11.5 Å². The molecule has 0 aliphatic rings. The van der Waals surface area contributed by atoms with Gasteiger partial charge in [-0.15, -0.1) is 11.3 Å². The number of nitrogens with one attached hydrogen (secondary N) is 1. The van der Waals surface area contributed by atoms with E-state index in [1.807, 2.05) is 11.7 Å². The van der Waals surface area contributed by atoms with Gasteiger partial charge in [-0.3, -0.25) is 4.98 Å². The fourth-order valence-corrected chi connectivity index (χ4v) is 3.20. The Balaban J connectivity index is 2.26. The van der Waals surface area contributed by atoms with Crippen molar-refractivity contribution in [3.8, 4) is 0 Å². The Morgan fingerprint density at radius 3 is 2.94 bits per heavy atom. The fourth-order valence-electron chi connectivity index (χ4n) is 2.02. The fraction of sp³-hybridized carbons (Fsp3) is 0.357. The van der Waals surface area contributed by atoms with Crippen LogP contribution in [0.1, 0.15) is 29.0 Å². The van der Waals surface area contributed by atoms with Crippen molar-refractivity contribution in [1.29, 1.82) is 0 Å². The van der Waals surface area contributed by atoms with Crippen molar-refractivity contribution in [1.82, 2.24) is 10.3 Å². The summed E-state index contributed by atoms with van der Waals surface area (Å²) in [6.45, 7) is 5.23. The molecule has 2 aromatic rings. The highest BCUT2D eigenvalue weighted by atomic mass is 79.9. The Morgan fingerprint density at radius 1 is 1.44 bits per heavy atom. The molecular formula is C14H17BrN2S. The lowest BCUT2D eigenvalue weighted by Crippen LogP contribution is -2.23. The standard InChI is InChI=1S/C14H17BrN2S/c1-3-17-13(7-11-8-16-9-18-11)12-6-4-5-10(2)14(12)15/h4-6,8-9,13,17H,3,7H2,1-2H3. The summed E-state index contributed by atoms with van der Waals surface area (Å²) in [5, 5.41) is 3.55. The molecule has 0 bridgehead atoms. The predicted octanol–water partition coefficient (Wildman–Crippen LogP) is 4.11. The molecule has 0 spiro atoms. The van der Waals surface area contributed by atoms with Crippen LogP contribution in [0.4, 0.5) is 0 Å². The highest BCUT2D eigenvalue weighted by molar-refractivity contribution is 9.10. The first-order chi connectivity index (χ1) is 8.72. The number of halogens is 1. The lowest BCUT2D eigenvalue weighted by Gasteiger charge is -2.20. The average Bonchev–Trinajstić information content (AvgIpc) is 2.85. The minimum atomic E-state index is 0.338. The normalized spacial score (nSPS) is 12.6. The molecule has 4 heteroatoms. The number of benzene rings is 1. The zero-order valence-corrected chi connectivity index (χ0v) is 13.0. The summed E-state index contributed by atoms with van der Waals surface area (Å²) in [5.74, 6) is 0. The van der Waals surface area contributed by atoms with Gasteiger partial charge in [0, 0.05) is 28.0 Å². The molecule has 0 saturated heterocycles. The summed E-state index contributed by atoms with van der Waals surface area (Å²) in [6.07, 6.45) is 2.94. The zero-order chi connectivity index (χ0) is 13.0. The van der Waals surface area contributed by atoms with Crippen molar-refractivity contribution < 1.29 is 0 Å². The average molecular weight is 325 g/mol. The molecule has 2 rings (SSSR count). The van der Waals surface area contributed by atoms with Gasteiger partial charge in [-0.2, -0.15) is 0 Å². The third-order valence-corrected chi connectivity index (χ3v) is 4.82. The van der Waals surface area contributed by atoms with E-state index in [0.29, 0.717) is 6.04 Å². The molecule has 0 aliphatic heterocycles. The Hall–Kier alpha value is -0.710. The summed E-state index contributed by atoms with van der Waals surface area (Å²) in [7, 11) is 0. The van der Waals surface area contributed by atoms with Crippen LogP contribution in [0.5, 0.6) is 0 Å². The van der Waals surface area contributed by atoms with Gasteiger partial charge in [0.2, 0.25) is 0 Å². The van der Waals surface area contributed by atoms with Crippen molar-refractivity contribution >= 4 is 27.3 Å². The summed E-state index contributed by atoms with van der Waals surface area (Å²) in [5.41, 5.74) is 4.49. The number of thiazole rings is 1. The minimum Gasteiger partial charge on any atom is -0.310 e. The minimum absolute atomic E-state index is 0.338. The molecule has 1 heterocycles. The zero-order valence-electron chi connectivity index (χ0n) is 10.6. The number of likely N-dealkylation sites (N-methyl/N-ethyl adjacent to an activating group) is 1. The van der Waals surface area contributed by atoms with E-state index in [2.05, 4.69) is 58.3 Å². The molecule has 18 heavy (non-hydrogen) atoms. The maximum Gasteiger partial charge on any atom is 0.0794 e. The van der Waals surface area contributed by atoms with E-state index >= 15 is 0 Å². The second kappa shape index (κ2) is 6.45. The molecule has 1 aromatic carbocycles. The van der Waals surface area contributed by atoms with Gasteiger partial charge in [-0.05, 0) is 24.6 Å². The van der Waals surface area contributed by atoms with Crippen LogP contribution in [0.15, 0.2) is 34.4 Å². The Morgan fingerprint density at radius 2 is 2.28 bits per heavy atom. The second-order valence-corrected chi connectivity index (χ2v) is 6.02. The molecule has 2 nitrogen and oxygen atoms in total. The van der Waals surface area contributed by atoms with Gasteiger partial charge in [0.1, 0.15) is 0 Å². The molecule has 96 valence electrons. The summed E-state index contributed by atoms with van der Waals surface area (Å²) < 4.78 is 1.21. The van der Waals surface area contributed by atoms with Gasteiger partial charge < -0.3 is 5.32 Å². The van der Waals surface area contributed by atoms with Gasteiger partial charge in [0.25, 0.3) is 0 Å². The quantitative estimate of drug-likeness (QED) is 0.895. The van der Waals surface area contributed by atoms with Gasteiger partial charge >= 0.3 is 0 Å². The lowest BCUT2D eigenvalue weighted by atomic mass is 10.0. The maximum atomic E-state index is 4.15. The van der Waals surface area contributed by atoms with Crippen LogP contribution in [-0.2, 0) is 6.42 Å². The molecule has 0 radical (unpaired) electrons. The molecule has 0 amide bonds. The second-order valence-electron chi connectivity index (χ2n) is 4.26. The van der Waals surface area contributed by atoms with Crippen molar-refractivity contribution in [2.45, 2.75) is 26.3 Å². The van der Waals surface area contributed by atoms with E-state index in [0.717, 1.165) is 13.0 Å². The first kappa shape index (κ1) is 13.7. The number of rotatable bonds is 5. The number of nitrogens with zero attached hydrogens (tertiary/aromatic N) is 1. The molecule has 0 saturated carbocycles. The van der Waals surface area contributed by atoms with Crippen LogP contribution >= 0.6 is 27.3 Å². The SMILES string of the molecule is CCNC(Cc1cncs1)c1cccc(C)c1Br. The first-order valence-corrected chi connectivity index (χ1v) is 7.75. The Labute approximate surface area is 121 Å². The van der Waals surface area contributed by atoms with E-state index in [4.69, 9.17) is 0 Å². The number of hydrogen-bond acceptors (Lipinski definition) is 3. The van der Waals surface area contributed by atoms with E-state index in [1.165, 1.54) is 20.5 Å². The molecule has 1 N–H and O–H groups in total. The Bertz CT molecular complexity index is 497. The monoisotopic (exact) mass is 324 g/mol. The first-order valence-electron chi connectivity index (χ1n) is 6.08. The van der Waals surface area contributed by atoms with Crippen molar-refractivity contribution in [2.24, 2.45) is 0 Å². The smallest absolute Gasteiger partial charge is 0.0794 e. The molecule has 0 aliphatic carbocycles. The van der Waals surface area contributed by atoms with E-state index < -0.39 is 0 Å². The predicted molar refractivity (Wildman–Crippen MR) is 81.1 cm³/mol. The van der Waals surface area contributed by atoms with Crippen LogP contribution in [0.3, 0.4) is 0 Å². The molecule has 0 fully saturated rings. The topological polar surface area (TPSA) is 24.9 Å². The van der Waals surface area contributed by atoms with E-state index in [9.17, 15) is 0 Å². The molecule has 1 unspecified atom stereocenters.